The zero-order valence-electron chi connectivity index (χ0n) is 16.7. The van der Waals surface area contributed by atoms with Gasteiger partial charge in [-0.1, -0.05) is 17.7 Å². The number of nitrogens with zero attached hydrogens (tertiary/aromatic N) is 4. The molecule has 0 saturated heterocycles. The summed E-state index contributed by atoms with van der Waals surface area (Å²) < 4.78 is 35.5. The summed E-state index contributed by atoms with van der Waals surface area (Å²) in [5, 5.41) is 0.390. The van der Waals surface area contributed by atoms with Crippen LogP contribution < -0.4 is 9.46 Å². The van der Waals surface area contributed by atoms with Crippen molar-refractivity contribution in [3.8, 4) is 17.4 Å². The number of imidazole rings is 1. The number of aryl methyl sites for hydroxylation is 1. The van der Waals surface area contributed by atoms with Gasteiger partial charge in [-0.15, -0.1) is 0 Å². The van der Waals surface area contributed by atoms with Crippen molar-refractivity contribution in [1.29, 1.82) is 0 Å². The number of rotatable bonds is 6. The van der Waals surface area contributed by atoms with Crippen LogP contribution in [0.2, 0.25) is 5.02 Å². The highest BCUT2D eigenvalue weighted by molar-refractivity contribution is 7.92. The molecule has 4 rings (SSSR count). The van der Waals surface area contributed by atoms with Gasteiger partial charge < -0.3 is 4.74 Å². The number of benzene rings is 2. The summed E-state index contributed by atoms with van der Waals surface area (Å²) in [6.07, 6.45) is 4.88. The summed E-state index contributed by atoms with van der Waals surface area (Å²) in [4.78, 5) is 12.7. The summed E-state index contributed by atoms with van der Waals surface area (Å²) in [6, 6.07) is 12.9. The highest BCUT2D eigenvalue weighted by atomic mass is 35.5. The van der Waals surface area contributed by atoms with Crippen molar-refractivity contribution < 1.29 is 13.2 Å². The Bertz CT molecular complexity index is 1340. The molecule has 158 valence electrons. The van der Waals surface area contributed by atoms with Crippen LogP contribution >= 0.6 is 11.6 Å². The van der Waals surface area contributed by atoms with Gasteiger partial charge in [0.2, 0.25) is 5.88 Å². The maximum Gasteiger partial charge on any atom is 0.262 e. The monoisotopic (exact) mass is 455 g/mol. The van der Waals surface area contributed by atoms with Crippen molar-refractivity contribution in [3.63, 3.8) is 0 Å². The van der Waals surface area contributed by atoms with Crippen LogP contribution in [0.5, 0.6) is 11.6 Å². The standard InChI is InChI=1S/C21H18ClN5O3S/c1-14-18(22)4-3-5-19(14)31(28,29)26-16-6-8-17(9-7-16)30-21-12-20(24-13-25-21)27-11-10-23-15(27)2/h3-13,26H,1-2H3. The lowest BCUT2D eigenvalue weighted by atomic mass is 10.2. The van der Waals surface area contributed by atoms with Gasteiger partial charge in [0.05, 0.1) is 4.90 Å². The van der Waals surface area contributed by atoms with E-state index in [1.165, 1.54) is 12.4 Å². The molecular weight excluding hydrogens is 438 g/mol. The van der Waals surface area contributed by atoms with Crippen molar-refractivity contribution in [2.75, 3.05) is 4.72 Å². The fraction of sp³-hybridized carbons (Fsp3) is 0.0952. The van der Waals surface area contributed by atoms with Gasteiger partial charge in [0, 0.05) is 29.2 Å². The minimum absolute atomic E-state index is 0.128. The Labute approximate surface area is 184 Å². The molecule has 0 bridgehead atoms. The smallest absolute Gasteiger partial charge is 0.262 e. The van der Waals surface area contributed by atoms with E-state index in [1.54, 1.807) is 61.8 Å². The van der Waals surface area contributed by atoms with E-state index in [0.29, 0.717) is 33.7 Å². The second kappa shape index (κ2) is 8.37. The van der Waals surface area contributed by atoms with Crippen LogP contribution in [0.25, 0.3) is 5.82 Å². The molecule has 4 aromatic rings. The molecule has 0 aliphatic rings. The predicted octanol–water partition coefficient (Wildman–Crippen LogP) is 4.53. The Morgan fingerprint density at radius 2 is 1.81 bits per heavy atom. The summed E-state index contributed by atoms with van der Waals surface area (Å²) in [7, 11) is -3.78. The van der Waals surface area contributed by atoms with Crippen LogP contribution in [0.1, 0.15) is 11.4 Å². The normalized spacial score (nSPS) is 11.3. The lowest BCUT2D eigenvalue weighted by Gasteiger charge is -2.12. The quantitative estimate of drug-likeness (QED) is 0.458. The highest BCUT2D eigenvalue weighted by Crippen LogP contribution is 2.27. The lowest BCUT2D eigenvalue weighted by Crippen LogP contribution is -2.14. The summed E-state index contributed by atoms with van der Waals surface area (Å²) in [5.74, 6) is 2.26. The average molecular weight is 456 g/mol. The number of aromatic nitrogens is 4. The Balaban J connectivity index is 1.50. The molecular formula is C21H18ClN5O3S. The molecule has 0 unspecified atom stereocenters. The molecule has 8 nitrogen and oxygen atoms in total. The van der Waals surface area contributed by atoms with Gasteiger partial charge >= 0.3 is 0 Å². The van der Waals surface area contributed by atoms with Crippen LogP contribution in [-0.2, 0) is 10.0 Å². The molecule has 2 aromatic carbocycles. The highest BCUT2D eigenvalue weighted by Gasteiger charge is 2.18. The van der Waals surface area contributed by atoms with Crippen molar-refractivity contribution >= 4 is 27.3 Å². The lowest BCUT2D eigenvalue weighted by molar-refractivity contribution is 0.461. The molecule has 10 heteroatoms. The molecule has 0 aliphatic carbocycles. The molecule has 2 heterocycles. The van der Waals surface area contributed by atoms with Crippen LogP contribution in [-0.4, -0.2) is 27.9 Å². The zero-order valence-corrected chi connectivity index (χ0v) is 18.2. The van der Waals surface area contributed by atoms with Crippen LogP contribution in [0.15, 0.2) is 72.1 Å². The Morgan fingerprint density at radius 1 is 1.03 bits per heavy atom. The van der Waals surface area contributed by atoms with E-state index < -0.39 is 10.0 Å². The molecule has 0 radical (unpaired) electrons. The summed E-state index contributed by atoms with van der Waals surface area (Å²) >= 11 is 6.05. The number of sulfonamides is 1. The van der Waals surface area contributed by atoms with Crippen LogP contribution in [0.4, 0.5) is 5.69 Å². The van der Waals surface area contributed by atoms with Crippen molar-refractivity contribution in [3.05, 3.63) is 83.7 Å². The number of anilines is 1. The Morgan fingerprint density at radius 3 is 2.52 bits per heavy atom. The van der Waals surface area contributed by atoms with E-state index in [2.05, 4.69) is 19.7 Å². The van der Waals surface area contributed by atoms with Crippen molar-refractivity contribution in [2.24, 2.45) is 0 Å². The number of hydrogen-bond donors (Lipinski definition) is 1. The van der Waals surface area contributed by atoms with Gasteiger partial charge in [-0.05, 0) is 55.8 Å². The average Bonchev–Trinajstić information content (AvgIpc) is 3.17. The fourth-order valence-electron chi connectivity index (χ4n) is 2.94. The number of hydrogen-bond acceptors (Lipinski definition) is 6. The molecule has 31 heavy (non-hydrogen) atoms. The zero-order chi connectivity index (χ0) is 22.0. The number of ether oxygens (including phenoxy) is 1. The minimum atomic E-state index is -3.78. The molecule has 0 saturated carbocycles. The molecule has 0 atom stereocenters. The van der Waals surface area contributed by atoms with Crippen molar-refractivity contribution in [1.82, 2.24) is 19.5 Å². The number of nitrogens with one attached hydrogen (secondary N) is 1. The minimum Gasteiger partial charge on any atom is -0.439 e. The maximum atomic E-state index is 12.7. The summed E-state index contributed by atoms with van der Waals surface area (Å²) in [5.41, 5.74) is 0.883. The first-order valence-electron chi connectivity index (χ1n) is 9.22. The van der Waals surface area contributed by atoms with Gasteiger partial charge in [-0.25, -0.2) is 23.4 Å². The SMILES string of the molecule is Cc1c(Cl)cccc1S(=O)(=O)Nc1ccc(Oc2cc(-n3ccnc3C)ncn2)cc1. The Kier molecular flexibility index (Phi) is 5.62. The molecule has 0 amide bonds. The second-order valence-electron chi connectivity index (χ2n) is 6.65. The van der Waals surface area contributed by atoms with E-state index in [9.17, 15) is 8.42 Å². The van der Waals surface area contributed by atoms with Crippen molar-refractivity contribution in [2.45, 2.75) is 18.7 Å². The maximum absolute atomic E-state index is 12.7. The van der Waals surface area contributed by atoms with E-state index in [1.807, 2.05) is 11.5 Å². The van der Waals surface area contributed by atoms with Gasteiger partial charge in [0.1, 0.15) is 23.7 Å². The topological polar surface area (TPSA) is 99.0 Å². The van der Waals surface area contributed by atoms with Gasteiger partial charge in [0.15, 0.2) is 0 Å². The molecule has 0 aliphatic heterocycles. The third-order valence-corrected chi connectivity index (χ3v) is 6.47. The van der Waals surface area contributed by atoms with Gasteiger partial charge in [-0.2, -0.15) is 0 Å². The van der Waals surface area contributed by atoms with Gasteiger partial charge in [0.25, 0.3) is 10.0 Å². The first-order valence-corrected chi connectivity index (χ1v) is 11.1. The third kappa shape index (κ3) is 4.52. The van der Waals surface area contributed by atoms with Crippen LogP contribution in [0, 0.1) is 13.8 Å². The largest absolute Gasteiger partial charge is 0.439 e. The van der Waals surface area contributed by atoms with E-state index >= 15 is 0 Å². The molecule has 1 N–H and O–H groups in total. The third-order valence-electron chi connectivity index (χ3n) is 4.54. The fourth-order valence-corrected chi connectivity index (χ4v) is 4.50. The second-order valence-corrected chi connectivity index (χ2v) is 8.71. The van der Waals surface area contributed by atoms with Crippen LogP contribution in [0.3, 0.4) is 0 Å². The van der Waals surface area contributed by atoms with E-state index in [0.717, 1.165) is 5.82 Å². The first kappa shape index (κ1) is 20.8. The molecule has 2 aromatic heterocycles. The Hall–Kier alpha value is -3.43. The number of halogens is 1. The van der Waals surface area contributed by atoms with E-state index in [-0.39, 0.29) is 4.90 Å². The molecule has 0 spiro atoms. The van der Waals surface area contributed by atoms with E-state index in [4.69, 9.17) is 16.3 Å². The first-order chi connectivity index (χ1) is 14.8. The van der Waals surface area contributed by atoms with Gasteiger partial charge in [-0.3, -0.25) is 9.29 Å². The predicted molar refractivity (Wildman–Crippen MR) is 117 cm³/mol. The summed E-state index contributed by atoms with van der Waals surface area (Å²) in [6.45, 7) is 3.53. The molecule has 0 fully saturated rings.